The van der Waals surface area contributed by atoms with Gasteiger partial charge in [0.2, 0.25) is 0 Å². The summed E-state index contributed by atoms with van der Waals surface area (Å²) in [7, 11) is 0. The highest BCUT2D eigenvalue weighted by atomic mass is 32.2. The van der Waals surface area contributed by atoms with Gasteiger partial charge >= 0.3 is 0 Å². The van der Waals surface area contributed by atoms with Crippen molar-refractivity contribution in [3.05, 3.63) is 29.3 Å². The van der Waals surface area contributed by atoms with Gasteiger partial charge in [0.1, 0.15) is 0 Å². The summed E-state index contributed by atoms with van der Waals surface area (Å²) < 4.78 is 0. The normalized spacial score (nSPS) is 20.1. The smallest absolute Gasteiger partial charge is 0.0372 e. The van der Waals surface area contributed by atoms with E-state index in [0.29, 0.717) is 12.1 Å². The minimum atomic E-state index is 0.540. The summed E-state index contributed by atoms with van der Waals surface area (Å²) in [6.07, 6.45) is 0. The molecule has 0 aliphatic carbocycles. The van der Waals surface area contributed by atoms with Gasteiger partial charge in [-0.2, -0.15) is 11.8 Å². The summed E-state index contributed by atoms with van der Waals surface area (Å²) in [5.74, 6) is 2.50. The summed E-state index contributed by atoms with van der Waals surface area (Å²) in [4.78, 5) is 2.54. The molecule has 0 radical (unpaired) electrons. The van der Waals surface area contributed by atoms with E-state index >= 15 is 0 Å². The van der Waals surface area contributed by atoms with E-state index in [1.54, 1.807) is 0 Å². The number of hydrogen-bond donors (Lipinski definition) is 1. The van der Waals surface area contributed by atoms with E-state index in [0.717, 1.165) is 6.54 Å². The molecule has 0 aromatic heterocycles. The van der Waals surface area contributed by atoms with Crippen LogP contribution in [0.5, 0.6) is 0 Å². The topological polar surface area (TPSA) is 15.3 Å². The highest BCUT2D eigenvalue weighted by molar-refractivity contribution is 7.99. The lowest BCUT2D eigenvalue weighted by atomic mass is 10.1. The van der Waals surface area contributed by atoms with Crippen molar-refractivity contribution in [2.75, 3.05) is 23.0 Å². The average molecular weight is 278 g/mol. The molecule has 3 heteroatoms. The van der Waals surface area contributed by atoms with Crippen LogP contribution in [-0.4, -0.2) is 30.1 Å². The van der Waals surface area contributed by atoms with Gasteiger partial charge in [-0.25, -0.2) is 0 Å². The molecule has 1 aromatic rings. The Kier molecular flexibility index (Phi) is 5.17. The van der Waals surface area contributed by atoms with Crippen LogP contribution in [0.4, 0.5) is 5.69 Å². The van der Waals surface area contributed by atoms with Crippen LogP contribution in [0.15, 0.2) is 18.2 Å². The summed E-state index contributed by atoms with van der Waals surface area (Å²) >= 11 is 2.07. The molecule has 19 heavy (non-hydrogen) atoms. The quantitative estimate of drug-likeness (QED) is 0.908. The monoisotopic (exact) mass is 278 g/mol. The third-order valence-corrected chi connectivity index (χ3v) is 4.92. The zero-order chi connectivity index (χ0) is 13.8. The molecule has 1 heterocycles. The van der Waals surface area contributed by atoms with E-state index in [4.69, 9.17) is 0 Å². The van der Waals surface area contributed by atoms with Crippen molar-refractivity contribution in [3.63, 3.8) is 0 Å². The van der Waals surface area contributed by atoms with E-state index in [1.165, 1.54) is 34.9 Å². The van der Waals surface area contributed by atoms with Gasteiger partial charge in [0.05, 0.1) is 0 Å². The number of benzene rings is 1. The Morgan fingerprint density at radius 2 is 2.21 bits per heavy atom. The highest BCUT2D eigenvalue weighted by Gasteiger charge is 2.19. The third-order valence-electron chi connectivity index (χ3n) is 3.73. The molecule has 2 nitrogen and oxygen atoms in total. The van der Waals surface area contributed by atoms with Gasteiger partial charge in [-0.05, 0) is 37.1 Å². The zero-order valence-corrected chi connectivity index (χ0v) is 13.4. The van der Waals surface area contributed by atoms with Crippen molar-refractivity contribution in [1.82, 2.24) is 5.32 Å². The average Bonchev–Trinajstić information content (AvgIpc) is 2.37. The van der Waals surface area contributed by atoms with Gasteiger partial charge in [0.15, 0.2) is 0 Å². The number of hydrogen-bond acceptors (Lipinski definition) is 3. The van der Waals surface area contributed by atoms with Crippen molar-refractivity contribution < 1.29 is 0 Å². The fraction of sp³-hybridized carbons (Fsp3) is 0.625. The number of aryl methyl sites for hydroxylation is 1. The zero-order valence-electron chi connectivity index (χ0n) is 12.6. The molecule has 1 saturated heterocycles. The Balaban J connectivity index is 2.09. The largest absolute Gasteiger partial charge is 0.367 e. The van der Waals surface area contributed by atoms with Gasteiger partial charge in [-0.15, -0.1) is 0 Å². The Hall–Kier alpha value is -0.670. The summed E-state index contributed by atoms with van der Waals surface area (Å²) in [6, 6.07) is 8.12. The second kappa shape index (κ2) is 6.67. The van der Waals surface area contributed by atoms with E-state index in [2.05, 4.69) is 67.9 Å². The molecule has 0 bridgehead atoms. The molecule has 1 fully saturated rings. The Bertz CT molecular complexity index is 417. The molecule has 0 spiro atoms. The SMILES string of the molecule is Cc1cc(N2CCSCC2C)ccc1CNC(C)C. The standard InChI is InChI=1S/C16H26N2S/c1-12(2)17-10-15-5-6-16(9-13(15)3)18-7-8-19-11-14(18)4/h5-6,9,12,14,17H,7-8,10-11H2,1-4H3. The maximum atomic E-state index is 3.49. The van der Waals surface area contributed by atoms with Crippen molar-refractivity contribution in [2.24, 2.45) is 0 Å². The first kappa shape index (κ1) is 14.7. The molecule has 1 aliphatic rings. The first-order valence-corrected chi connectivity index (χ1v) is 8.40. The minimum Gasteiger partial charge on any atom is -0.367 e. The summed E-state index contributed by atoms with van der Waals surface area (Å²) in [5.41, 5.74) is 4.20. The van der Waals surface area contributed by atoms with Crippen molar-refractivity contribution in [2.45, 2.75) is 46.3 Å². The number of anilines is 1. The fourth-order valence-corrected chi connectivity index (χ4v) is 3.50. The molecule has 1 atom stereocenters. The molecule has 2 rings (SSSR count). The third kappa shape index (κ3) is 3.90. The summed E-state index contributed by atoms with van der Waals surface area (Å²) in [6.45, 7) is 11.1. The Morgan fingerprint density at radius 3 is 2.84 bits per heavy atom. The molecule has 106 valence electrons. The molecule has 1 aliphatic heterocycles. The molecule has 0 saturated carbocycles. The predicted octanol–water partition coefficient (Wildman–Crippen LogP) is 3.43. The second-order valence-corrected chi connectivity index (χ2v) is 6.91. The Morgan fingerprint density at radius 1 is 1.42 bits per heavy atom. The lowest BCUT2D eigenvalue weighted by Crippen LogP contribution is -2.40. The van der Waals surface area contributed by atoms with Gasteiger partial charge in [-0.3, -0.25) is 0 Å². The maximum Gasteiger partial charge on any atom is 0.0372 e. The van der Waals surface area contributed by atoms with Crippen LogP contribution in [0.2, 0.25) is 0 Å². The number of thioether (sulfide) groups is 1. The minimum absolute atomic E-state index is 0.540. The molecule has 1 N–H and O–H groups in total. The highest BCUT2D eigenvalue weighted by Crippen LogP contribution is 2.25. The van der Waals surface area contributed by atoms with Crippen molar-refractivity contribution in [1.29, 1.82) is 0 Å². The van der Waals surface area contributed by atoms with E-state index in [9.17, 15) is 0 Å². The number of nitrogens with one attached hydrogen (secondary N) is 1. The molecule has 1 aromatic carbocycles. The van der Waals surface area contributed by atoms with E-state index < -0.39 is 0 Å². The second-order valence-electron chi connectivity index (χ2n) is 5.76. The fourth-order valence-electron chi connectivity index (χ4n) is 2.48. The van der Waals surface area contributed by atoms with Gasteiger partial charge in [0, 0.05) is 42.4 Å². The van der Waals surface area contributed by atoms with Gasteiger partial charge in [0.25, 0.3) is 0 Å². The first-order valence-electron chi connectivity index (χ1n) is 7.25. The van der Waals surface area contributed by atoms with Gasteiger partial charge in [-0.1, -0.05) is 19.9 Å². The van der Waals surface area contributed by atoms with Gasteiger partial charge < -0.3 is 10.2 Å². The maximum absolute atomic E-state index is 3.49. The molecular formula is C16H26N2S. The van der Waals surface area contributed by atoms with Crippen LogP contribution in [0.3, 0.4) is 0 Å². The van der Waals surface area contributed by atoms with Crippen LogP contribution >= 0.6 is 11.8 Å². The molecule has 1 unspecified atom stereocenters. The lowest BCUT2D eigenvalue weighted by Gasteiger charge is -2.35. The van der Waals surface area contributed by atoms with Crippen LogP contribution in [0.1, 0.15) is 31.9 Å². The molecule has 0 amide bonds. The van der Waals surface area contributed by atoms with Crippen LogP contribution in [0.25, 0.3) is 0 Å². The number of rotatable bonds is 4. The van der Waals surface area contributed by atoms with E-state index in [-0.39, 0.29) is 0 Å². The Labute approximate surface area is 122 Å². The summed E-state index contributed by atoms with van der Waals surface area (Å²) in [5, 5.41) is 3.49. The van der Waals surface area contributed by atoms with E-state index in [1.807, 2.05) is 0 Å². The first-order chi connectivity index (χ1) is 9.08. The van der Waals surface area contributed by atoms with Crippen LogP contribution in [-0.2, 0) is 6.54 Å². The van der Waals surface area contributed by atoms with Crippen molar-refractivity contribution in [3.8, 4) is 0 Å². The predicted molar refractivity (Wildman–Crippen MR) is 87.3 cm³/mol. The number of nitrogens with zero attached hydrogens (tertiary/aromatic N) is 1. The van der Waals surface area contributed by atoms with Crippen LogP contribution < -0.4 is 10.2 Å². The molecular weight excluding hydrogens is 252 g/mol. The van der Waals surface area contributed by atoms with Crippen molar-refractivity contribution >= 4 is 17.4 Å². The lowest BCUT2D eigenvalue weighted by molar-refractivity contribution is 0.587. The van der Waals surface area contributed by atoms with Crippen LogP contribution in [0, 0.1) is 6.92 Å².